The molecule has 0 radical (unpaired) electrons. The number of thiophene rings is 1. The minimum Gasteiger partial charge on any atom is -0.292 e. The SMILES string of the molecule is CC(=O)SCC(=O)c1ccc(NS(=O)(=O)c2cccc(C(F)(F)F)c2)s1. The van der Waals surface area contributed by atoms with Gasteiger partial charge in [0.25, 0.3) is 10.0 Å². The first-order valence-electron chi connectivity index (χ1n) is 6.95. The summed E-state index contributed by atoms with van der Waals surface area (Å²) in [5, 5.41) is -0.140. The van der Waals surface area contributed by atoms with Gasteiger partial charge >= 0.3 is 6.18 Å². The zero-order valence-corrected chi connectivity index (χ0v) is 15.6. The van der Waals surface area contributed by atoms with Crippen LogP contribution in [0.5, 0.6) is 0 Å². The first-order valence-corrected chi connectivity index (χ1v) is 10.2. The number of alkyl halides is 3. The van der Waals surface area contributed by atoms with Crippen molar-refractivity contribution in [1.82, 2.24) is 0 Å². The van der Waals surface area contributed by atoms with E-state index in [9.17, 15) is 31.2 Å². The van der Waals surface area contributed by atoms with E-state index in [1.54, 1.807) is 0 Å². The van der Waals surface area contributed by atoms with Gasteiger partial charge in [-0.2, -0.15) is 13.2 Å². The van der Waals surface area contributed by atoms with Gasteiger partial charge in [0.2, 0.25) is 0 Å². The summed E-state index contributed by atoms with van der Waals surface area (Å²) in [7, 11) is -4.24. The van der Waals surface area contributed by atoms with Crippen LogP contribution in [-0.2, 0) is 21.0 Å². The van der Waals surface area contributed by atoms with Crippen molar-refractivity contribution in [3.63, 3.8) is 0 Å². The fourth-order valence-electron chi connectivity index (χ4n) is 1.81. The van der Waals surface area contributed by atoms with Crippen LogP contribution in [0.25, 0.3) is 0 Å². The molecule has 2 rings (SSSR count). The van der Waals surface area contributed by atoms with Gasteiger partial charge in [0.1, 0.15) is 5.00 Å². The Labute approximate surface area is 155 Å². The summed E-state index contributed by atoms with van der Waals surface area (Å²) < 4.78 is 64.9. The van der Waals surface area contributed by atoms with E-state index in [-0.39, 0.29) is 26.5 Å². The molecular weight excluding hydrogens is 411 g/mol. The van der Waals surface area contributed by atoms with Crippen LogP contribution in [0.15, 0.2) is 41.3 Å². The highest BCUT2D eigenvalue weighted by Gasteiger charge is 2.31. The maximum absolute atomic E-state index is 12.7. The van der Waals surface area contributed by atoms with Crippen molar-refractivity contribution in [2.45, 2.75) is 18.0 Å². The molecule has 0 aliphatic rings. The van der Waals surface area contributed by atoms with Crippen LogP contribution in [0.1, 0.15) is 22.2 Å². The number of carbonyl (C=O) groups is 2. The van der Waals surface area contributed by atoms with E-state index in [2.05, 4.69) is 4.72 Å². The molecule has 0 bridgehead atoms. The Kier molecular flexibility index (Phi) is 6.14. The topological polar surface area (TPSA) is 80.3 Å². The molecule has 5 nitrogen and oxygen atoms in total. The number of benzene rings is 1. The van der Waals surface area contributed by atoms with E-state index in [4.69, 9.17) is 0 Å². The third-order valence-corrected chi connectivity index (χ3v) is 6.34. The van der Waals surface area contributed by atoms with Gasteiger partial charge < -0.3 is 0 Å². The Hall–Kier alpha value is -1.85. The number of nitrogens with one attached hydrogen (secondary N) is 1. The average Bonchev–Trinajstić information content (AvgIpc) is 2.99. The van der Waals surface area contributed by atoms with Crippen LogP contribution in [0.3, 0.4) is 0 Å². The van der Waals surface area contributed by atoms with Gasteiger partial charge in [-0.15, -0.1) is 11.3 Å². The molecule has 0 aliphatic carbocycles. The molecule has 0 saturated heterocycles. The normalized spacial score (nSPS) is 12.0. The predicted octanol–water partition coefficient (Wildman–Crippen LogP) is 4.03. The summed E-state index contributed by atoms with van der Waals surface area (Å²) in [5.41, 5.74) is -1.08. The Morgan fingerprint density at radius 3 is 2.50 bits per heavy atom. The van der Waals surface area contributed by atoms with Crippen molar-refractivity contribution < 1.29 is 31.2 Å². The molecule has 0 fully saturated rings. The molecule has 140 valence electrons. The summed E-state index contributed by atoms with van der Waals surface area (Å²) in [4.78, 5) is 22.5. The van der Waals surface area contributed by atoms with E-state index in [0.717, 1.165) is 41.3 Å². The van der Waals surface area contributed by atoms with Crippen LogP contribution in [-0.4, -0.2) is 25.1 Å². The van der Waals surface area contributed by atoms with Gasteiger partial charge in [0.15, 0.2) is 10.9 Å². The first kappa shape index (κ1) is 20.5. The lowest BCUT2D eigenvalue weighted by molar-refractivity contribution is -0.137. The second kappa shape index (κ2) is 7.80. The van der Waals surface area contributed by atoms with Crippen LogP contribution >= 0.6 is 23.1 Å². The third kappa shape index (κ3) is 5.32. The van der Waals surface area contributed by atoms with Crippen LogP contribution in [0.4, 0.5) is 18.2 Å². The molecule has 1 aromatic heterocycles. The number of rotatable bonds is 6. The van der Waals surface area contributed by atoms with Gasteiger partial charge in [-0.3, -0.25) is 14.3 Å². The van der Waals surface area contributed by atoms with E-state index >= 15 is 0 Å². The van der Waals surface area contributed by atoms with Crippen molar-refractivity contribution in [3.05, 3.63) is 46.8 Å². The average molecular weight is 423 g/mol. The molecule has 0 saturated carbocycles. The highest BCUT2D eigenvalue weighted by atomic mass is 32.2. The number of halogens is 3. The molecule has 1 aromatic carbocycles. The summed E-state index contributed by atoms with van der Waals surface area (Å²) in [6.45, 7) is 1.32. The van der Waals surface area contributed by atoms with Gasteiger partial charge in [0, 0.05) is 6.92 Å². The Bertz CT molecular complexity index is 936. The van der Waals surface area contributed by atoms with Crippen molar-refractivity contribution in [2.24, 2.45) is 0 Å². The lowest BCUT2D eigenvalue weighted by Crippen LogP contribution is -2.14. The van der Waals surface area contributed by atoms with E-state index in [0.29, 0.717) is 6.07 Å². The number of Topliss-reactive ketones (excluding diaryl/α,β-unsaturated/α-hetero) is 1. The maximum Gasteiger partial charge on any atom is 0.416 e. The van der Waals surface area contributed by atoms with E-state index < -0.39 is 26.7 Å². The number of carbonyl (C=O) groups excluding carboxylic acids is 2. The first-order chi connectivity index (χ1) is 12.0. The smallest absolute Gasteiger partial charge is 0.292 e. The quantitative estimate of drug-likeness (QED) is 0.710. The summed E-state index contributed by atoms with van der Waals surface area (Å²) in [6.07, 6.45) is -4.66. The molecule has 0 aliphatic heterocycles. The zero-order chi connectivity index (χ0) is 19.5. The lowest BCUT2D eigenvalue weighted by Gasteiger charge is -2.10. The minimum atomic E-state index is -4.66. The van der Waals surface area contributed by atoms with E-state index in [1.165, 1.54) is 19.1 Å². The Morgan fingerprint density at radius 1 is 1.19 bits per heavy atom. The Balaban J connectivity index is 2.18. The molecular formula is C15H12F3NO4S3. The fraction of sp³-hybridized carbons (Fsp3) is 0.200. The van der Waals surface area contributed by atoms with Crippen LogP contribution in [0, 0.1) is 0 Å². The van der Waals surface area contributed by atoms with Gasteiger partial charge in [-0.1, -0.05) is 17.8 Å². The number of hydrogen-bond donors (Lipinski definition) is 1. The van der Waals surface area contributed by atoms with Crippen molar-refractivity contribution in [1.29, 1.82) is 0 Å². The van der Waals surface area contributed by atoms with Gasteiger partial charge in [-0.05, 0) is 30.3 Å². The summed E-state index contributed by atoms with van der Waals surface area (Å²) >= 11 is 1.67. The highest BCUT2D eigenvalue weighted by Crippen LogP contribution is 2.31. The number of ketones is 1. The third-order valence-electron chi connectivity index (χ3n) is 2.99. The molecule has 0 unspecified atom stereocenters. The molecule has 1 heterocycles. The van der Waals surface area contributed by atoms with E-state index in [1.807, 2.05) is 0 Å². The molecule has 0 amide bonds. The molecule has 0 spiro atoms. The van der Waals surface area contributed by atoms with Crippen LogP contribution < -0.4 is 4.72 Å². The van der Waals surface area contributed by atoms with Crippen molar-refractivity contribution >= 4 is 49.0 Å². The highest BCUT2D eigenvalue weighted by molar-refractivity contribution is 8.14. The molecule has 2 aromatic rings. The number of hydrogen-bond acceptors (Lipinski definition) is 6. The second-order valence-electron chi connectivity index (χ2n) is 5.00. The molecule has 1 N–H and O–H groups in total. The minimum absolute atomic E-state index is 0.0737. The summed E-state index contributed by atoms with van der Waals surface area (Å²) in [6, 6.07) is 6.07. The maximum atomic E-state index is 12.7. The number of sulfonamides is 1. The Morgan fingerprint density at radius 2 is 1.88 bits per heavy atom. The lowest BCUT2D eigenvalue weighted by atomic mass is 10.2. The predicted molar refractivity (Wildman–Crippen MR) is 94.0 cm³/mol. The van der Waals surface area contributed by atoms with Gasteiger partial charge in [-0.25, -0.2) is 8.42 Å². The molecule has 11 heteroatoms. The zero-order valence-electron chi connectivity index (χ0n) is 13.2. The largest absolute Gasteiger partial charge is 0.416 e. The molecule has 0 atom stereocenters. The standard InChI is InChI=1S/C15H12F3NO4S3/c1-9(20)24-8-12(21)13-5-6-14(25-13)19-26(22,23)11-4-2-3-10(7-11)15(16,17)18/h2-7,19H,8H2,1H3. The summed E-state index contributed by atoms with van der Waals surface area (Å²) in [5.74, 6) is -0.421. The van der Waals surface area contributed by atoms with Crippen molar-refractivity contribution in [3.8, 4) is 0 Å². The number of thioether (sulfide) groups is 1. The monoisotopic (exact) mass is 423 g/mol. The second-order valence-corrected chi connectivity index (χ2v) is 8.92. The number of anilines is 1. The van der Waals surface area contributed by atoms with Crippen molar-refractivity contribution in [2.75, 3.05) is 10.5 Å². The van der Waals surface area contributed by atoms with Gasteiger partial charge in [0.05, 0.1) is 21.1 Å². The molecule has 26 heavy (non-hydrogen) atoms. The fourth-order valence-corrected chi connectivity index (χ4v) is 4.57. The van der Waals surface area contributed by atoms with Crippen LogP contribution in [0.2, 0.25) is 0 Å².